The molecule has 19 heteroatoms. The average Bonchev–Trinajstić information content (AvgIpc) is 3.17. The second-order valence-corrected chi connectivity index (χ2v) is 9.06. The fourth-order valence-corrected chi connectivity index (χ4v) is 4.09. The van der Waals surface area contributed by atoms with Gasteiger partial charge < -0.3 is 0 Å². The Morgan fingerprint density at radius 1 is 0.865 bits per heavy atom. The van der Waals surface area contributed by atoms with Crippen LogP contribution in [0.5, 0.6) is 0 Å². The van der Waals surface area contributed by atoms with Crippen molar-refractivity contribution in [3.63, 3.8) is 0 Å². The van der Waals surface area contributed by atoms with E-state index in [1.54, 1.807) is 0 Å². The number of nitrogens with zero attached hydrogens (tertiary/aromatic N) is 3. The number of hydrogen-bond acceptors (Lipinski definition) is 5. The number of aromatic nitrogens is 3. The molecule has 1 aromatic heterocycles. The maximum atomic E-state index is 13.7. The molecule has 2 aromatic carbocycles. The van der Waals surface area contributed by atoms with Gasteiger partial charge in [-0.1, -0.05) is 16.8 Å². The third kappa shape index (κ3) is 5.95. The van der Waals surface area contributed by atoms with Crippen molar-refractivity contribution in [2.75, 3.05) is 0 Å². The number of halogens is 11. The summed E-state index contributed by atoms with van der Waals surface area (Å²) in [5.74, 6) is -3.17. The second kappa shape index (κ2) is 9.16. The van der Waals surface area contributed by atoms with Crippen molar-refractivity contribution in [2.45, 2.75) is 23.4 Å². The molecule has 0 bridgehead atoms. The molecule has 37 heavy (non-hydrogen) atoms. The monoisotopic (exact) mass is 584 g/mol. The first-order valence-corrected chi connectivity index (χ1v) is 10.9. The number of sulfonamides is 1. The number of carbonyl (C=O) groups is 1. The number of rotatable bonds is 4. The third-order valence-electron chi connectivity index (χ3n) is 4.39. The Kier molecular flexibility index (Phi) is 6.97. The molecule has 1 N–H and O–H groups in total. The van der Waals surface area contributed by atoms with E-state index in [1.807, 2.05) is 0 Å². The van der Waals surface area contributed by atoms with E-state index in [0.29, 0.717) is 18.2 Å². The Labute approximate surface area is 203 Å². The highest BCUT2D eigenvalue weighted by Crippen LogP contribution is 2.38. The lowest BCUT2D eigenvalue weighted by atomic mass is 10.1. The molecule has 200 valence electrons. The largest absolute Gasteiger partial charge is 0.435 e. The highest BCUT2D eigenvalue weighted by molar-refractivity contribution is 7.90. The summed E-state index contributed by atoms with van der Waals surface area (Å²) >= 11 is 5.69. The first-order valence-electron chi connectivity index (χ1n) is 9.07. The van der Waals surface area contributed by atoms with Crippen molar-refractivity contribution in [3.05, 3.63) is 69.8 Å². The quantitative estimate of drug-likeness (QED) is 0.424. The first kappa shape index (κ1) is 28.2. The van der Waals surface area contributed by atoms with Gasteiger partial charge in [0.2, 0.25) is 0 Å². The van der Waals surface area contributed by atoms with Crippen molar-refractivity contribution < 1.29 is 57.1 Å². The zero-order valence-corrected chi connectivity index (χ0v) is 18.7. The number of nitrogens with one attached hydrogen (secondary N) is 1. The summed E-state index contributed by atoms with van der Waals surface area (Å²) in [7, 11) is -5.62. The smallest absolute Gasteiger partial charge is 0.266 e. The molecule has 0 radical (unpaired) electrons. The summed E-state index contributed by atoms with van der Waals surface area (Å²) < 4.78 is 158. The van der Waals surface area contributed by atoms with E-state index in [1.165, 1.54) is 0 Å². The van der Waals surface area contributed by atoms with Gasteiger partial charge in [0, 0.05) is 0 Å². The molecule has 0 unspecified atom stereocenters. The van der Waals surface area contributed by atoms with Crippen LogP contribution in [0.2, 0.25) is 5.02 Å². The number of alkyl halides is 9. The highest BCUT2D eigenvalue weighted by atomic mass is 35.5. The topological polar surface area (TPSA) is 93.9 Å². The number of amides is 1. The zero-order chi connectivity index (χ0) is 28.1. The van der Waals surface area contributed by atoms with Crippen LogP contribution in [0, 0.1) is 5.82 Å². The minimum Gasteiger partial charge on any atom is -0.266 e. The lowest BCUT2D eigenvalue weighted by molar-refractivity contribution is -0.144. The van der Waals surface area contributed by atoms with Crippen LogP contribution in [0.1, 0.15) is 27.3 Å². The Bertz CT molecular complexity index is 1450. The third-order valence-corrected chi connectivity index (χ3v) is 6.00. The van der Waals surface area contributed by atoms with E-state index in [-0.39, 0.29) is 16.8 Å². The summed E-state index contributed by atoms with van der Waals surface area (Å²) in [6.45, 7) is 0. The van der Waals surface area contributed by atoms with Crippen LogP contribution < -0.4 is 4.72 Å². The van der Waals surface area contributed by atoms with Crippen molar-refractivity contribution in [1.29, 1.82) is 0 Å². The Hall–Kier alpha value is -3.41. The van der Waals surface area contributed by atoms with E-state index < -0.39 is 84.5 Å². The van der Waals surface area contributed by atoms with Crippen LogP contribution in [0.25, 0.3) is 5.69 Å². The standard InChI is InChI=1S/C18H7ClF10N4O3S/c19-11-6-9(20)1-2-12(11)33-14(18(27,28)29)13(30-32-33)15(34)31-37(35,36)10-4-7(16(21,22)23)3-8(5-10)17(24,25)26/h1-6H,(H,31,34). The van der Waals surface area contributed by atoms with Gasteiger partial charge in [0.15, 0.2) is 11.4 Å². The minimum absolute atomic E-state index is 0.0880. The van der Waals surface area contributed by atoms with Crippen LogP contribution in [-0.4, -0.2) is 29.3 Å². The van der Waals surface area contributed by atoms with Gasteiger partial charge in [-0.05, 0) is 36.4 Å². The molecule has 0 aliphatic heterocycles. The van der Waals surface area contributed by atoms with Crippen LogP contribution >= 0.6 is 11.6 Å². The molecule has 1 amide bonds. The maximum absolute atomic E-state index is 13.7. The Morgan fingerprint density at radius 3 is 1.86 bits per heavy atom. The summed E-state index contributed by atoms with van der Waals surface area (Å²) in [5.41, 5.74) is -8.56. The molecular weight excluding hydrogens is 578 g/mol. The molecule has 1 heterocycles. The Morgan fingerprint density at radius 2 is 1.41 bits per heavy atom. The van der Waals surface area contributed by atoms with E-state index in [2.05, 4.69) is 10.3 Å². The van der Waals surface area contributed by atoms with Crippen molar-refractivity contribution in [1.82, 2.24) is 19.7 Å². The lowest BCUT2D eigenvalue weighted by Gasteiger charge is -2.15. The second-order valence-electron chi connectivity index (χ2n) is 6.97. The molecule has 3 rings (SSSR count). The van der Waals surface area contributed by atoms with E-state index in [4.69, 9.17) is 11.6 Å². The summed E-state index contributed by atoms with van der Waals surface area (Å²) in [6.07, 6.45) is -16.4. The van der Waals surface area contributed by atoms with Crippen molar-refractivity contribution >= 4 is 27.5 Å². The lowest BCUT2D eigenvalue weighted by Crippen LogP contribution is -2.33. The summed E-state index contributed by atoms with van der Waals surface area (Å²) in [4.78, 5) is 10.7. The fraction of sp³-hybridized carbons (Fsp3) is 0.167. The van der Waals surface area contributed by atoms with Gasteiger partial charge in [-0.3, -0.25) is 4.79 Å². The molecule has 0 aliphatic carbocycles. The number of carbonyl (C=O) groups excluding carboxylic acids is 1. The predicted octanol–water partition coefficient (Wildman–Crippen LogP) is 5.23. The molecular formula is C18H7ClF10N4O3S. The van der Waals surface area contributed by atoms with E-state index >= 15 is 0 Å². The van der Waals surface area contributed by atoms with E-state index in [9.17, 15) is 57.1 Å². The molecule has 3 aromatic rings. The average molecular weight is 585 g/mol. The first-order chi connectivity index (χ1) is 16.7. The molecule has 0 fully saturated rings. The molecule has 0 atom stereocenters. The van der Waals surface area contributed by atoms with Crippen LogP contribution in [0.15, 0.2) is 41.3 Å². The maximum Gasteiger partial charge on any atom is 0.435 e. The van der Waals surface area contributed by atoms with Gasteiger partial charge in [0.1, 0.15) is 5.82 Å². The van der Waals surface area contributed by atoms with E-state index in [0.717, 1.165) is 4.72 Å². The fourth-order valence-electron chi connectivity index (χ4n) is 2.82. The molecule has 0 aliphatic rings. The predicted molar refractivity (Wildman–Crippen MR) is 102 cm³/mol. The van der Waals surface area contributed by atoms with Crippen LogP contribution in [-0.2, 0) is 28.6 Å². The highest BCUT2D eigenvalue weighted by Gasteiger charge is 2.43. The summed E-state index contributed by atoms with van der Waals surface area (Å²) in [5, 5.41) is 5.32. The van der Waals surface area contributed by atoms with Crippen molar-refractivity contribution in [2.24, 2.45) is 0 Å². The van der Waals surface area contributed by atoms with Gasteiger partial charge in [-0.2, -0.15) is 39.5 Å². The SMILES string of the molecule is O=C(NS(=O)(=O)c1cc(C(F)(F)F)cc(C(F)(F)F)c1)c1nnn(-c2ccc(F)cc2Cl)c1C(F)(F)F. The molecule has 0 spiro atoms. The zero-order valence-electron chi connectivity index (χ0n) is 17.1. The number of benzene rings is 2. The van der Waals surface area contributed by atoms with Gasteiger partial charge in [-0.15, -0.1) is 5.10 Å². The van der Waals surface area contributed by atoms with Crippen LogP contribution in [0.3, 0.4) is 0 Å². The van der Waals surface area contributed by atoms with Crippen LogP contribution in [0.4, 0.5) is 43.9 Å². The normalized spacial score (nSPS) is 13.1. The Balaban J connectivity index is 2.10. The van der Waals surface area contributed by atoms with Gasteiger partial charge in [0.25, 0.3) is 15.9 Å². The molecule has 0 saturated heterocycles. The van der Waals surface area contributed by atoms with Gasteiger partial charge in [-0.25, -0.2) is 22.2 Å². The summed E-state index contributed by atoms with van der Waals surface area (Å²) in [6, 6.07) is 1.03. The minimum atomic E-state index is -5.62. The van der Waals surface area contributed by atoms with Gasteiger partial charge >= 0.3 is 18.5 Å². The van der Waals surface area contributed by atoms with Gasteiger partial charge in [0.05, 0.1) is 26.7 Å². The molecule has 7 nitrogen and oxygen atoms in total. The number of hydrogen-bond donors (Lipinski definition) is 1. The van der Waals surface area contributed by atoms with Crippen molar-refractivity contribution in [3.8, 4) is 5.69 Å². The molecule has 0 saturated carbocycles.